The van der Waals surface area contributed by atoms with E-state index < -0.39 is 22.3 Å². The minimum Gasteiger partial charge on any atom is -0.457 e. The van der Waals surface area contributed by atoms with Gasteiger partial charge in [0.1, 0.15) is 23.1 Å². The highest BCUT2D eigenvalue weighted by molar-refractivity contribution is 5.91. The Morgan fingerprint density at radius 3 is 2.36 bits per heavy atom. The number of amides is 3. The van der Waals surface area contributed by atoms with Crippen molar-refractivity contribution in [1.82, 2.24) is 30.2 Å². The molecule has 3 aromatic carbocycles. The molecule has 0 atom stereocenters. The highest BCUT2D eigenvalue weighted by Gasteiger charge is 2.22. The lowest BCUT2D eigenvalue weighted by Gasteiger charge is -2.20. The first-order valence-electron chi connectivity index (χ1n) is 14.7. The standard InChI is InChI=1S/C33H35FN8O5/c1-32(2,3)28-17-29(40(39-28)23-8-10-24(11-9-23)42(45)46)37-30(43)35-18-21-15-22(34)7-14-27(21)47-25-12-13-26-20(16-25)19-36-41(26)31(44)38-33(4,5)6/h7-17,19H,18H2,1-6H3,(H,38,44)(H2,35,37,43). The van der Waals surface area contributed by atoms with Gasteiger partial charge in [0.25, 0.3) is 5.69 Å². The number of hydrogen-bond acceptors (Lipinski definition) is 7. The molecule has 5 rings (SSSR count). The summed E-state index contributed by atoms with van der Waals surface area (Å²) in [6, 6.07) is 15.6. The molecule has 0 fully saturated rings. The van der Waals surface area contributed by atoms with Gasteiger partial charge >= 0.3 is 12.1 Å². The number of halogens is 1. The molecule has 0 aliphatic heterocycles. The summed E-state index contributed by atoms with van der Waals surface area (Å²) in [5, 5.41) is 29.0. The van der Waals surface area contributed by atoms with Crippen LogP contribution in [0.25, 0.3) is 16.6 Å². The Morgan fingerprint density at radius 2 is 1.70 bits per heavy atom. The molecule has 0 unspecified atom stereocenters. The Hall–Kier alpha value is -5.79. The van der Waals surface area contributed by atoms with E-state index in [0.717, 1.165) is 0 Å². The van der Waals surface area contributed by atoms with E-state index in [1.54, 1.807) is 42.6 Å². The van der Waals surface area contributed by atoms with Crippen LogP contribution in [0, 0.1) is 15.9 Å². The van der Waals surface area contributed by atoms with Gasteiger partial charge in [0.2, 0.25) is 0 Å². The van der Waals surface area contributed by atoms with Crippen molar-refractivity contribution in [3.05, 3.63) is 100 Å². The molecule has 2 heterocycles. The number of aromatic nitrogens is 4. The molecule has 5 aromatic rings. The minimum absolute atomic E-state index is 0.0733. The number of ether oxygens (including phenoxy) is 1. The Kier molecular flexibility index (Phi) is 8.70. The molecule has 3 amide bonds. The number of carbonyl (C=O) groups excluding carboxylic acids is 2. The van der Waals surface area contributed by atoms with Gasteiger partial charge in [0.15, 0.2) is 0 Å². The van der Waals surface area contributed by atoms with Gasteiger partial charge in [0.05, 0.1) is 28.0 Å². The van der Waals surface area contributed by atoms with Gasteiger partial charge in [0, 0.05) is 46.6 Å². The molecule has 0 spiro atoms. The van der Waals surface area contributed by atoms with Gasteiger partial charge in [-0.25, -0.2) is 18.7 Å². The van der Waals surface area contributed by atoms with E-state index in [0.29, 0.717) is 45.2 Å². The van der Waals surface area contributed by atoms with Crippen LogP contribution in [0.5, 0.6) is 11.5 Å². The zero-order chi connectivity index (χ0) is 34.1. The van der Waals surface area contributed by atoms with Crippen LogP contribution < -0.4 is 20.7 Å². The van der Waals surface area contributed by atoms with Crippen molar-refractivity contribution in [2.75, 3.05) is 5.32 Å². The average Bonchev–Trinajstić information content (AvgIpc) is 3.61. The highest BCUT2D eigenvalue weighted by atomic mass is 19.1. The van der Waals surface area contributed by atoms with E-state index in [1.807, 2.05) is 41.5 Å². The number of hydrogen-bond donors (Lipinski definition) is 3. The molecule has 0 aliphatic carbocycles. The number of non-ortho nitro benzene ring substituents is 1. The van der Waals surface area contributed by atoms with E-state index in [4.69, 9.17) is 4.74 Å². The summed E-state index contributed by atoms with van der Waals surface area (Å²) >= 11 is 0. The van der Waals surface area contributed by atoms with Crippen molar-refractivity contribution in [3.63, 3.8) is 0 Å². The Bertz CT molecular complexity index is 1970. The van der Waals surface area contributed by atoms with Gasteiger partial charge in [-0.3, -0.25) is 15.4 Å². The maximum Gasteiger partial charge on any atom is 0.343 e. The van der Waals surface area contributed by atoms with Crippen molar-refractivity contribution in [2.24, 2.45) is 0 Å². The van der Waals surface area contributed by atoms with Crippen LogP contribution in [-0.2, 0) is 12.0 Å². The molecule has 2 aromatic heterocycles. The predicted octanol–water partition coefficient (Wildman–Crippen LogP) is 7.04. The van der Waals surface area contributed by atoms with Crippen LogP contribution >= 0.6 is 0 Å². The highest BCUT2D eigenvalue weighted by Crippen LogP contribution is 2.30. The molecule has 13 nitrogen and oxygen atoms in total. The Labute approximate surface area is 269 Å². The summed E-state index contributed by atoms with van der Waals surface area (Å²) in [6.07, 6.45) is 1.55. The topological polar surface area (TPSA) is 158 Å². The summed E-state index contributed by atoms with van der Waals surface area (Å²) < 4.78 is 23.2. The molecule has 47 heavy (non-hydrogen) atoms. The number of urea groups is 1. The van der Waals surface area contributed by atoms with E-state index in [2.05, 4.69) is 26.1 Å². The largest absolute Gasteiger partial charge is 0.457 e. The monoisotopic (exact) mass is 642 g/mol. The van der Waals surface area contributed by atoms with Crippen LogP contribution in [0.4, 0.5) is 25.5 Å². The quantitative estimate of drug-likeness (QED) is 0.127. The fourth-order valence-electron chi connectivity index (χ4n) is 4.61. The molecule has 14 heteroatoms. The van der Waals surface area contributed by atoms with Gasteiger partial charge in [-0.05, 0) is 69.3 Å². The van der Waals surface area contributed by atoms with Crippen LogP contribution in [0.1, 0.15) is 52.8 Å². The summed E-state index contributed by atoms with van der Waals surface area (Å²) in [4.78, 5) is 36.4. The Morgan fingerprint density at radius 1 is 0.979 bits per heavy atom. The molecule has 0 bridgehead atoms. The number of anilines is 1. The maximum absolute atomic E-state index is 14.3. The molecule has 0 aliphatic rings. The first kappa shape index (κ1) is 32.6. The lowest BCUT2D eigenvalue weighted by atomic mass is 9.92. The lowest BCUT2D eigenvalue weighted by Crippen LogP contribution is -2.43. The van der Waals surface area contributed by atoms with Crippen molar-refractivity contribution >= 4 is 34.5 Å². The third-order valence-electron chi connectivity index (χ3n) is 6.93. The normalized spacial score (nSPS) is 11.7. The average molecular weight is 643 g/mol. The number of nitrogens with zero attached hydrogens (tertiary/aromatic N) is 5. The van der Waals surface area contributed by atoms with Crippen molar-refractivity contribution in [3.8, 4) is 17.2 Å². The number of nitrogens with one attached hydrogen (secondary N) is 3. The predicted molar refractivity (Wildman–Crippen MR) is 175 cm³/mol. The molecule has 244 valence electrons. The van der Waals surface area contributed by atoms with E-state index in [-0.39, 0.29) is 23.7 Å². The first-order valence-corrected chi connectivity index (χ1v) is 14.7. The summed E-state index contributed by atoms with van der Waals surface area (Å²) in [5.74, 6) is 0.561. The number of nitro groups is 1. The van der Waals surface area contributed by atoms with Gasteiger partial charge < -0.3 is 15.4 Å². The smallest absolute Gasteiger partial charge is 0.343 e. The molecule has 0 saturated heterocycles. The second kappa shape index (κ2) is 12.5. The number of fused-ring (bicyclic) bond motifs is 1. The molecule has 3 N–H and O–H groups in total. The molecular formula is C33H35FN8O5. The van der Waals surface area contributed by atoms with E-state index in [9.17, 15) is 24.1 Å². The third kappa shape index (κ3) is 7.72. The second-order valence-corrected chi connectivity index (χ2v) is 13.0. The fourth-order valence-corrected chi connectivity index (χ4v) is 4.61. The minimum atomic E-state index is -0.592. The number of nitro benzene ring substituents is 1. The number of benzene rings is 3. The maximum atomic E-state index is 14.3. The first-order chi connectivity index (χ1) is 22.1. The van der Waals surface area contributed by atoms with Gasteiger partial charge in [-0.15, -0.1) is 0 Å². The van der Waals surface area contributed by atoms with Crippen LogP contribution in [0.15, 0.2) is 72.9 Å². The number of carbonyl (C=O) groups is 2. The van der Waals surface area contributed by atoms with Crippen molar-refractivity contribution < 1.29 is 23.6 Å². The lowest BCUT2D eigenvalue weighted by molar-refractivity contribution is -0.384. The molecular weight excluding hydrogens is 607 g/mol. The van der Waals surface area contributed by atoms with Gasteiger partial charge in [-0.1, -0.05) is 20.8 Å². The van der Waals surface area contributed by atoms with Crippen LogP contribution in [-0.4, -0.2) is 42.1 Å². The number of rotatable bonds is 7. The third-order valence-corrected chi connectivity index (χ3v) is 6.93. The fraction of sp³-hybridized carbons (Fsp3) is 0.273. The van der Waals surface area contributed by atoms with E-state index >= 15 is 0 Å². The van der Waals surface area contributed by atoms with Gasteiger partial charge in [-0.2, -0.15) is 14.9 Å². The molecule has 0 saturated carbocycles. The molecule has 0 radical (unpaired) electrons. The van der Waals surface area contributed by atoms with Crippen molar-refractivity contribution in [2.45, 2.75) is 59.0 Å². The van der Waals surface area contributed by atoms with Crippen molar-refractivity contribution in [1.29, 1.82) is 0 Å². The Balaban J connectivity index is 1.32. The van der Waals surface area contributed by atoms with E-state index in [1.165, 1.54) is 39.7 Å². The van der Waals surface area contributed by atoms with Crippen LogP contribution in [0.3, 0.4) is 0 Å². The zero-order valence-corrected chi connectivity index (χ0v) is 26.8. The summed E-state index contributed by atoms with van der Waals surface area (Å²) in [7, 11) is 0. The SMILES string of the molecule is CC(C)(C)NC(=O)n1ncc2cc(Oc3ccc(F)cc3CNC(=O)Nc3cc(C(C)(C)C)nn3-c3ccc([N+](=O)[O-])cc3)ccc21. The zero-order valence-electron chi connectivity index (χ0n) is 26.8. The second-order valence-electron chi connectivity index (χ2n) is 13.0. The summed E-state index contributed by atoms with van der Waals surface area (Å²) in [5.41, 5.74) is 1.29. The van der Waals surface area contributed by atoms with Crippen LogP contribution in [0.2, 0.25) is 0 Å². The summed E-state index contributed by atoms with van der Waals surface area (Å²) in [6.45, 7) is 11.5.